The molecule has 3 rings (SSSR count). The van der Waals surface area contributed by atoms with Gasteiger partial charge in [0.2, 0.25) is 5.95 Å². The number of rotatable bonds is 4. The number of nitrogens with one attached hydrogen (secondary N) is 2. The van der Waals surface area contributed by atoms with Crippen molar-refractivity contribution in [2.45, 2.75) is 27.7 Å². The normalized spacial score (nSPS) is 9.39. The van der Waals surface area contributed by atoms with Crippen molar-refractivity contribution >= 4 is 22.8 Å². The van der Waals surface area contributed by atoms with Gasteiger partial charge in [-0.25, -0.2) is 9.97 Å². The Hall–Kier alpha value is -1.84. The molecule has 6 nitrogen and oxygen atoms in total. The molecule has 0 fully saturated rings. The Morgan fingerprint density at radius 2 is 1.68 bits per heavy atom. The average Bonchev–Trinajstić information content (AvgIpc) is 2.68. The summed E-state index contributed by atoms with van der Waals surface area (Å²) in [5.41, 5.74) is 5.03. The van der Waals surface area contributed by atoms with Gasteiger partial charge in [-0.05, 0) is 42.7 Å². The predicted octanol–water partition coefficient (Wildman–Crippen LogP) is 4.88. The number of pyridine rings is 1. The third-order valence-electron chi connectivity index (χ3n) is 4.14. The molecule has 0 bridgehead atoms. The number of aryl methyl sites for hydroxylation is 1. The molecule has 0 atom stereocenters. The molecule has 150 valence electrons. The van der Waals surface area contributed by atoms with Crippen LogP contribution in [0.1, 0.15) is 25.0 Å². The van der Waals surface area contributed by atoms with Crippen LogP contribution in [0.25, 0.3) is 22.2 Å². The van der Waals surface area contributed by atoms with Crippen LogP contribution in [0.3, 0.4) is 0 Å². The molecule has 2 N–H and O–H groups in total. The van der Waals surface area contributed by atoms with Crippen LogP contribution < -0.4 is 15.4 Å². The summed E-state index contributed by atoms with van der Waals surface area (Å²) in [6.45, 7) is 8.15. The van der Waals surface area contributed by atoms with Crippen LogP contribution in [-0.2, 0) is 0 Å². The molecule has 0 radical (unpaired) electrons. The number of nitrogens with zero attached hydrogens (tertiary/aromatic N) is 3. The van der Waals surface area contributed by atoms with Crippen LogP contribution in [-0.4, -0.2) is 36.2 Å². The SMILES string of the molecule is CC.CNc1ncc2cc(-c3c(C)ccc(OC)c3C)c(NC)nc2n1.[CH3-].[U]. The zero-order valence-corrected chi connectivity index (χ0v) is 22.2. The molecule has 1 aromatic carbocycles. The maximum Gasteiger partial charge on any atom is 0.224 e. The van der Waals surface area contributed by atoms with Crippen LogP contribution in [0.15, 0.2) is 24.4 Å². The number of hydrogen-bond donors (Lipinski definition) is 2. The standard InChI is InChI=1S/C18H21N5O.C2H6.CH3.U/c1-10-6-7-14(24-5)11(2)15(10)13-8-12-9-21-18(20-4)23-16(12)22-17(13)19-3;1-2;;/h6-9H,1-5H3,(H2,19,20,21,22,23);1-2H3;1H3;/q;;-1;. The number of fused-ring (bicyclic) bond motifs is 1. The van der Waals surface area contributed by atoms with Crippen LogP contribution in [0.4, 0.5) is 11.8 Å². The Morgan fingerprint density at radius 1 is 1.00 bits per heavy atom. The molecule has 0 spiro atoms. The van der Waals surface area contributed by atoms with Gasteiger partial charge in [0.05, 0.1) is 7.11 Å². The van der Waals surface area contributed by atoms with Gasteiger partial charge in [-0.1, -0.05) is 19.9 Å². The van der Waals surface area contributed by atoms with Gasteiger partial charge >= 0.3 is 0 Å². The van der Waals surface area contributed by atoms with Gasteiger partial charge in [0.15, 0.2) is 5.65 Å². The molecule has 7 heteroatoms. The average molecular weight is 607 g/mol. The Labute approximate surface area is 192 Å². The summed E-state index contributed by atoms with van der Waals surface area (Å²) in [6, 6.07) is 6.12. The molecular weight excluding hydrogens is 576 g/mol. The fraction of sp³-hybridized carbons (Fsp3) is 0.333. The molecule has 0 saturated carbocycles. The Balaban J connectivity index is 0.00000177. The monoisotopic (exact) mass is 606 g/mol. The van der Waals surface area contributed by atoms with Gasteiger partial charge in [-0.3, -0.25) is 0 Å². The molecule has 28 heavy (non-hydrogen) atoms. The minimum absolute atomic E-state index is 0. The minimum Gasteiger partial charge on any atom is -0.496 e. The quantitative estimate of drug-likeness (QED) is 0.413. The van der Waals surface area contributed by atoms with E-state index in [0.29, 0.717) is 11.6 Å². The summed E-state index contributed by atoms with van der Waals surface area (Å²) in [5.74, 6) is 2.20. The number of ether oxygens (including phenoxy) is 1. The third kappa shape index (κ3) is 5.15. The zero-order valence-electron chi connectivity index (χ0n) is 18.1. The summed E-state index contributed by atoms with van der Waals surface area (Å²) in [7, 11) is 5.34. The van der Waals surface area contributed by atoms with Crippen molar-refractivity contribution in [1.29, 1.82) is 0 Å². The van der Waals surface area contributed by atoms with Gasteiger partial charge in [0, 0.05) is 62.4 Å². The van der Waals surface area contributed by atoms with Crippen LogP contribution in [0, 0.1) is 52.4 Å². The summed E-state index contributed by atoms with van der Waals surface area (Å²) in [5, 5.41) is 7.01. The van der Waals surface area contributed by atoms with Gasteiger partial charge in [-0.15, -0.1) is 0 Å². The predicted molar refractivity (Wildman–Crippen MR) is 116 cm³/mol. The van der Waals surface area contributed by atoms with E-state index in [1.165, 1.54) is 5.56 Å². The second kappa shape index (κ2) is 11.9. The number of hydrogen-bond acceptors (Lipinski definition) is 6. The van der Waals surface area contributed by atoms with E-state index in [4.69, 9.17) is 4.74 Å². The van der Waals surface area contributed by atoms with Crippen molar-refractivity contribution in [1.82, 2.24) is 15.0 Å². The summed E-state index contributed by atoms with van der Waals surface area (Å²) < 4.78 is 5.48. The van der Waals surface area contributed by atoms with E-state index >= 15 is 0 Å². The van der Waals surface area contributed by atoms with E-state index in [1.54, 1.807) is 20.4 Å². The van der Waals surface area contributed by atoms with Crippen molar-refractivity contribution in [3.63, 3.8) is 0 Å². The van der Waals surface area contributed by atoms with E-state index in [0.717, 1.165) is 33.6 Å². The maximum absolute atomic E-state index is 5.48. The van der Waals surface area contributed by atoms with Gasteiger partial charge in [0.25, 0.3) is 0 Å². The molecule has 0 aliphatic rings. The van der Waals surface area contributed by atoms with Gasteiger partial charge in [-0.2, -0.15) is 4.98 Å². The van der Waals surface area contributed by atoms with Crippen molar-refractivity contribution in [3.05, 3.63) is 42.9 Å². The second-order valence-corrected chi connectivity index (χ2v) is 5.58. The molecule has 0 aliphatic carbocycles. The fourth-order valence-electron chi connectivity index (χ4n) is 2.93. The van der Waals surface area contributed by atoms with Crippen LogP contribution >= 0.6 is 0 Å². The molecule has 0 amide bonds. The molecule has 0 aliphatic heterocycles. The van der Waals surface area contributed by atoms with E-state index < -0.39 is 0 Å². The van der Waals surface area contributed by atoms with E-state index in [1.807, 2.05) is 27.0 Å². The Morgan fingerprint density at radius 3 is 2.25 bits per heavy atom. The smallest absolute Gasteiger partial charge is 0.224 e. The largest absolute Gasteiger partial charge is 0.496 e. The summed E-state index contributed by atoms with van der Waals surface area (Å²) >= 11 is 0. The first-order chi connectivity index (χ1) is 12.6. The van der Waals surface area contributed by atoms with Crippen molar-refractivity contribution in [2.75, 3.05) is 31.8 Å². The first-order valence-electron chi connectivity index (χ1n) is 8.77. The Kier molecular flexibility index (Phi) is 11.1. The molecule has 0 unspecified atom stereocenters. The molecular formula is C21H30N5OU-. The van der Waals surface area contributed by atoms with E-state index in [-0.39, 0.29) is 38.5 Å². The first kappa shape index (κ1) is 26.2. The minimum atomic E-state index is 0. The van der Waals surface area contributed by atoms with Crippen molar-refractivity contribution in [2.24, 2.45) is 0 Å². The van der Waals surface area contributed by atoms with Crippen LogP contribution in [0.5, 0.6) is 5.75 Å². The summed E-state index contributed by atoms with van der Waals surface area (Å²) in [4.78, 5) is 13.4. The number of benzene rings is 1. The number of methoxy groups -OCH3 is 1. The van der Waals surface area contributed by atoms with E-state index in [2.05, 4.69) is 51.6 Å². The van der Waals surface area contributed by atoms with Crippen molar-refractivity contribution in [3.8, 4) is 16.9 Å². The van der Waals surface area contributed by atoms with Gasteiger partial charge < -0.3 is 22.8 Å². The molecule has 2 aromatic heterocycles. The maximum atomic E-state index is 5.48. The van der Waals surface area contributed by atoms with Crippen molar-refractivity contribution < 1.29 is 35.9 Å². The fourth-order valence-corrected chi connectivity index (χ4v) is 2.93. The molecule has 3 aromatic rings. The van der Waals surface area contributed by atoms with Gasteiger partial charge in [0.1, 0.15) is 11.6 Å². The number of anilines is 2. The van der Waals surface area contributed by atoms with Crippen LogP contribution in [0.2, 0.25) is 0 Å². The van der Waals surface area contributed by atoms with E-state index in [9.17, 15) is 0 Å². The zero-order chi connectivity index (χ0) is 19.3. The summed E-state index contributed by atoms with van der Waals surface area (Å²) in [6.07, 6.45) is 1.79. The number of aromatic nitrogens is 3. The molecule has 0 saturated heterocycles. The third-order valence-corrected chi connectivity index (χ3v) is 4.14. The Bertz CT molecular complexity index is 915. The molecule has 2 heterocycles. The topological polar surface area (TPSA) is 72.0 Å². The first-order valence-corrected chi connectivity index (χ1v) is 8.77. The second-order valence-electron chi connectivity index (χ2n) is 5.58.